The third-order valence-corrected chi connectivity index (χ3v) is 4.88. The Kier molecular flexibility index (Phi) is 3.25. The maximum absolute atomic E-state index is 13.3. The maximum Gasteiger partial charge on any atom is 0.136 e. The van der Waals surface area contributed by atoms with Crippen molar-refractivity contribution in [3.63, 3.8) is 0 Å². The number of fused-ring (bicyclic) bond motifs is 1. The summed E-state index contributed by atoms with van der Waals surface area (Å²) in [6.45, 7) is 0. The molecule has 0 N–H and O–H groups in total. The van der Waals surface area contributed by atoms with E-state index in [2.05, 4.69) is 21.2 Å². The average Bonchev–Trinajstić information content (AvgIpc) is 3.12. The number of nitrogens with zero attached hydrogens (tertiary/aromatic N) is 3. The van der Waals surface area contributed by atoms with Crippen LogP contribution in [0, 0.1) is 5.82 Å². The van der Waals surface area contributed by atoms with Gasteiger partial charge in [-0.2, -0.15) is 5.10 Å². The molecule has 0 bridgehead atoms. The molecule has 1 aliphatic carbocycles. The lowest BCUT2D eigenvalue weighted by Gasteiger charge is -2.22. The van der Waals surface area contributed by atoms with Crippen LogP contribution in [0.25, 0.3) is 16.9 Å². The van der Waals surface area contributed by atoms with Crippen LogP contribution in [0.15, 0.2) is 36.5 Å². The highest BCUT2D eigenvalue weighted by Gasteiger charge is 2.26. The van der Waals surface area contributed by atoms with E-state index in [9.17, 15) is 4.39 Å². The fourth-order valence-corrected chi connectivity index (χ4v) is 3.81. The van der Waals surface area contributed by atoms with E-state index >= 15 is 0 Å². The largest absolute Gasteiger partial charge is 0.327 e. The Morgan fingerprint density at radius 1 is 1.05 bits per heavy atom. The van der Waals surface area contributed by atoms with Crippen molar-refractivity contribution in [2.45, 2.75) is 38.0 Å². The molecule has 1 saturated carbocycles. The Morgan fingerprint density at radius 3 is 2.50 bits per heavy atom. The van der Waals surface area contributed by atoms with E-state index in [4.69, 9.17) is 0 Å². The number of benzene rings is 1. The van der Waals surface area contributed by atoms with Gasteiger partial charge >= 0.3 is 0 Å². The predicted molar refractivity (Wildman–Crippen MR) is 85.4 cm³/mol. The molecule has 0 atom stereocenters. The van der Waals surface area contributed by atoms with Crippen molar-refractivity contribution in [2.75, 3.05) is 0 Å². The van der Waals surface area contributed by atoms with Crippen LogP contribution < -0.4 is 0 Å². The molecule has 0 saturated heterocycles. The van der Waals surface area contributed by atoms with E-state index in [0.29, 0.717) is 5.92 Å². The molecule has 0 unspecified atom stereocenters. The second-order valence-electron chi connectivity index (χ2n) is 6.24. The van der Waals surface area contributed by atoms with E-state index in [1.165, 1.54) is 55.6 Å². The van der Waals surface area contributed by atoms with Crippen molar-refractivity contribution in [2.24, 2.45) is 7.05 Å². The van der Waals surface area contributed by atoms with Crippen LogP contribution in [0.3, 0.4) is 0 Å². The van der Waals surface area contributed by atoms with Crippen LogP contribution >= 0.6 is 0 Å². The number of hydrogen-bond donors (Lipinski definition) is 0. The van der Waals surface area contributed by atoms with E-state index in [1.54, 1.807) is 0 Å². The average molecular weight is 297 g/mol. The minimum Gasteiger partial charge on any atom is -0.327 e. The van der Waals surface area contributed by atoms with Gasteiger partial charge in [0.2, 0.25) is 0 Å². The summed E-state index contributed by atoms with van der Waals surface area (Å²) in [5, 5.41) is 4.54. The van der Waals surface area contributed by atoms with Gasteiger partial charge < -0.3 is 4.57 Å². The quantitative estimate of drug-likeness (QED) is 0.681. The van der Waals surface area contributed by atoms with Crippen molar-refractivity contribution < 1.29 is 4.39 Å². The maximum atomic E-state index is 13.3. The molecule has 114 valence electrons. The van der Waals surface area contributed by atoms with Crippen molar-refractivity contribution in [1.82, 2.24) is 14.2 Å². The van der Waals surface area contributed by atoms with Gasteiger partial charge in [-0.25, -0.2) is 8.91 Å². The van der Waals surface area contributed by atoms with Gasteiger partial charge in [0.25, 0.3) is 0 Å². The molecule has 3 aromatic rings. The molecule has 4 heteroatoms. The summed E-state index contributed by atoms with van der Waals surface area (Å²) < 4.78 is 17.5. The topological polar surface area (TPSA) is 22.2 Å². The van der Waals surface area contributed by atoms with Crippen molar-refractivity contribution in [1.29, 1.82) is 0 Å². The first-order chi connectivity index (χ1) is 10.8. The normalized spacial score (nSPS) is 16.5. The second-order valence-corrected chi connectivity index (χ2v) is 6.24. The van der Waals surface area contributed by atoms with Crippen LogP contribution in [-0.4, -0.2) is 14.2 Å². The minimum atomic E-state index is -0.193. The number of halogens is 1. The fraction of sp³-hybridized carbons (Fsp3) is 0.389. The summed E-state index contributed by atoms with van der Waals surface area (Å²) in [5.74, 6) is 0.347. The van der Waals surface area contributed by atoms with E-state index in [1.807, 2.05) is 24.4 Å². The molecule has 2 heterocycles. The van der Waals surface area contributed by atoms with E-state index in [-0.39, 0.29) is 5.82 Å². The molecule has 0 radical (unpaired) electrons. The Labute approximate surface area is 129 Å². The Bertz CT molecular complexity index is 792. The molecule has 2 aromatic heterocycles. The first-order valence-corrected chi connectivity index (χ1v) is 8.04. The van der Waals surface area contributed by atoms with Gasteiger partial charge in [-0.05, 0) is 37.1 Å². The lowest BCUT2D eigenvalue weighted by atomic mass is 9.85. The van der Waals surface area contributed by atoms with Gasteiger partial charge in [0.15, 0.2) is 0 Å². The summed E-state index contributed by atoms with van der Waals surface area (Å²) in [6.07, 6.45) is 8.18. The fourth-order valence-electron chi connectivity index (χ4n) is 3.81. The van der Waals surface area contributed by atoms with Crippen molar-refractivity contribution in [3.8, 4) is 11.3 Å². The van der Waals surface area contributed by atoms with Crippen LogP contribution in [0.1, 0.15) is 43.7 Å². The van der Waals surface area contributed by atoms with Crippen LogP contribution in [0.4, 0.5) is 4.39 Å². The van der Waals surface area contributed by atoms with Crippen LogP contribution in [0.2, 0.25) is 0 Å². The van der Waals surface area contributed by atoms with Crippen molar-refractivity contribution >= 4 is 5.65 Å². The number of aryl methyl sites for hydroxylation is 1. The summed E-state index contributed by atoms with van der Waals surface area (Å²) in [4.78, 5) is 0. The van der Waals surface area contributed by atoms with Gasteiger partial charge in [0, 0.05) is 24.6 Å². The number of rotatable bonds is 2. The second kappa shape index (κ2) is 5.27. The summed E-state index contributed by atoms with van der Waals surface area (Å²) in [6, 6.07) is 8.86. The van der Waals surface area contributed by atoms with Gasteiger partial charge in [-0.15, -0.1) is 0 Å². The zero-order chi connectivity index (χ0) is 15.1. The minimum absolute atomic E-state index is 0.193. The lowest BCUT2D eigenvalue weighted by Crippen LogP contribution is -2.09. The molecule has 3 nitrogen and oxygen atoms in total. The van der Waals surface area contributed by atoms with Gasteiger partial charge in [0.1, 0.15) is 11.5 Å². The van der Waals surface area contributed by atoms with Crippen molar-refractivity contribution in [3.05, 3.63) is 48.0 Å². The SMILES string of the molecule is Cn1c(-c2ccc(F)cc2)c(C2CCCCC2)n2nccc12. The highest BCUT2D eigenvalue weighted by molar-refractivity contribution is 5.68. The molecule has 0 spiro atoms. The predicted octanol–water partition coefficient (Wildman–Crippen LogP) is 4.53. The lowest BCUT2D eigenvalue weighted by molar-refractivity contribution is 0.433. The summed E-state index contributed by atoms with van der Waals surface area (Å²) >= 11 is 0. The Balaban J connectivity index is 1.93. The zero-order valence-electron chi connectivity index (χ0n) is 12.8. The molecule has 1 aromatic carbocycles. The molecular formula is C18H20FN3. The first-order valence-electron chi connectivity index (χ1n) is 8.04. The smallest absolute Gasteiger partial charge is 0.136 e. The standard InChI is InChI=1S/C18H20FN3/c1-21-16-11-12-20-22(16)18(13-5-3-2-4-6-13)17(21)14-7-9-15(19)10-8-14/h7-13H,2-6H2,1H3. The highest BCUT2D eigenvalue weighted by Crippen LogP contribution is 2.39. The Hall–Kier alpha value is -2.10. The molecule has 0 amide bonds. The Morgan fingerprint density at radius 2 is 1.77 bits per heavy atom. The van der Waals surface area contributed by atoms with Gasteiger partial charge in [0.05, 0.1) is 17.6 Å². The van der Waals surface area contributed by atoms with Crippen LogP contribution in [-0.2, 0) is 7.05 Å². The monoisotopic (exact) mass is 297 g/mol. The number of hydrogen-bond acceptors (Lipinski definition) is 1. The molecule has 4 rings (SSSR count). The number of aromatic nitrogens is 3. The third-order valence-electron chi connectivity index (χ3n) is 4.88. The van der Waals surface area contributed by atoms with Gasteiger partial charge in [-0.3, -0.25) is 0 Å². The summed E-state index contributed by atoms with van der Waals surface area (Å²) in [7, 11) is 2.07. The van der Waals surface area contributed by atoms with E-state index in [0.717, 1.165) is 11.2 Å². The van der Waals surface area contributed by atoms with Gasteiger partial charge in [-0.1, -0.05) is 19.3 Å². The third kappa shape index (κ3) is 2.05. The molecule has 1 aliphatic rings. The van der Waals surface area contributed by atoms with Crippen LogP contribution in [0.5, 0.6) is 0 Å². The molecule has 1 fully saturated rings. The number of imidazole rings is 1. The summed E-state index contributed by atoms with van der Waals surface area (Å²) in [5.41, 5.74) is 4.62. The molecular weight excluding hydrogens is 277 g/mol. The molecule has 22 heavy (non-hydrogen) atoms. The first kappa shape index (κ1) is 13.6. The van der Waals surface area contributed by atoms with E-state index < -0.39 is 0 Å². The zero-order valence-corrected chi connectivity index (χ0v) is 12.8. The highest BCUT2D eigenvalue weighted by atomic mass is 19.1. The molecule has 0 aliphatic heterocycles.